The minimum Gasteiger partial charge on any atom is -0.490 e. The zero-order valence-corrected chi connectivity index (χ0v) is 17.1. The molecular formula is C22H26N4O4. The van der Waals surface area contributed by atoms with E-state index in [4.69, 9.17) is 9.47 Å². The van der Waals surface area contributed by atoms with E-state index in [0.717, 1.165) is 23.5 Å². The van der Waals surface area contributed by atoms with Gasteiger partial charge >= 0.3 is 5.69 Å². The first-order valence-corrected chi connectivity index (χ1v) is 10.1. The monoisotopic (exact) mass is 410 g/mol. The summed E-state index contributed by atoms with van der Waals surface area (Å²) >= 11 is 0. The Bertz CT molecular complexity index is 1100. The van der Waals surface area contributed by atoms with Crippen LogP contribution in [0.5, 0.6) is 11.5 Å². The molecule has 3 aromatic rings. The lowest BCUT2D eigenvalue weighted by Gasteiger charge is -2.23. The molecule has 0 saturated carbocycles. The summed E-state index contributed by atoms with van der Waals surface area (Å²) in [6.07, 6.45) is 0.860. The highest BCUT2D eigenvalue weighted by Crippen LogP contribution is 2.34. The second-order valence-electron chi connectivity index (χ2n) is 7.75. The van der Waals surface area contributed by atoms with Crippen LogP contribution in [0.3, 0.4) is 0 Å². The van der Waals surface area contributed by atoms with Gasteiger partial charge in [0.05, 0.1) is 30.8 Å². The van der Waals surface area contributed by atoms with Crippen LogP contribution < -0.4 is 25.8 Å². The smallest absolute Gasteiger partial charge is 0.323 e. The van der Waals surface area contributed by atoms with Gasteiger partial charge in [-0.05, 0) is 41.8 Å². The molecule has 1 aliphatic rings. The zero-order valence-electron chi connectivity index (χ0n) is 17.1. The molecule has 0 saturated heterocycles. The molecule has 0 radical (unpaired) electrons. The van der Waals surface area contributed by atoms with Crippen molar-refractivity contribution in [3.8, 4) is 11.5 Å². The molecular weight excluding hydrogens is 384 g/mol. The molecule has 158 valence electrons. The highest BCUT2D eigenvalue weighted by Gasteiger charge is 2.20. The van der Waals surface area contributed by atoms with Crippen LogP contribution in [0.2, 0.25) is 0 Å². The number of carbonyl (C=O) groups excluding carboxylic acids is 1. The summed E-state index contributed by atoms with van der Waals surface area (Å²) in [5, 5.41) is 6.21. The molecule has 0 fully saturated rings. The van der Waals surface area contributed by atoms with Crippen molar-refractivity contribution in [2.45, 2.75) is 26.3 Å². The molecule has 4 rings (SSSR count). The Labute approximate surface area is 174 Å². The fourth-order valence-corrected chi connectivity index (χ4v) is 3.63. The first-order chi connectivity index (χ1) is 14.5. The van der Waals surface area contributed by atoms with Crippen LogP contribution in [0.1, 0.15) is 31.9 Å². The van der Waals surface area contributed by atoms with Gasteiger partial charge in [0.25, 0.3) is 0 Å². The Balaban J connectivity index is 1.42. The molecule has 1 unspecified atom stereocenters. The van der Waals surface area contributed by atoms with E-state index >= 15 is 0 Å². The minimum atomic E-state index is -0.273. The summed E-state index contributed by atoms with van der Waals surface area (Å²) in [5.41, 5.74) is 2.75. The number of ether oxygens (including phenoxy) is 2. The number of fused-ring (bicyclic) bond motifs is 2. The number of carbonyl (C=O) groups is 1. The number of aromatic amines is 2. The topological polar surface area (TPSA) is 108 Å². The molecule has 2 heterocycles. The maximum atomic E-state index is 12.5. The number of benzene rings is 2. The van der Waals surface area contributed by atoms with Crippen LogP contribution in [0, 0.1) is 5.92 Å². The van der Waals surface area contributed by atoms with Crippen LogP contribution in [-0.4, -0.2) is 35.6 Å². The first kappa shape index (κ1) is 20.0. The van der Waals surface area contributed by atoms with E-state index in [2.05, 4.69) is 34.4 Å². The average Bonchev–Trinajstić information content (AvgIpc) is 2.92. The summed E-state index contributed by atoms with van der Waals surface area (Å²) in [7, 11) is 0. The van der Waals surface area contributed by atoms with Crippen molar-refractivity contribution in [3.63, 3.8) is 0 Å². The van der Waals surface area contributed by atoms with Gasteiger partial charge in [-0.1, -0.05) is 19.9 Å². The van der Waals surface area contributed by atoms with E-state index in [1.807, 2.05) is 18.2 Å². The molecule has 1 atom stereocenters. The van der Waals surface area contributed by atoms with E-state index in [0.29, 0.717) is 29.9 Å². The number of aromatic nitrogens is 2. The quantitative estimate of drug-likeness (QED) is 0.500. The van der Waals surface area contributed by atoms with Crippen LogP contribution in [0.25, 0.3) is 11.0 Å². The van der Waals surface area contributed by atoms with Crippen LogP contribution in [0.4, 0.5) is 5.69 Å². The van der Waals surface area contributed by atoms with E-state index in [9.17, 15) is 9.59 Å². The first-order valence-electron chi connectivity index (χ1n) is 10.1. The Morgan fingerprint density at radius 3 is 2.60 bits per heavy atom. The SMILES string of the molecule is CC(C)C(NCC(=O)Nc1ccc2[nH]c(=O)[nH]c2c1)c1ccc2c(c1)OCCCO2. The molecule has 2 aromatic carbocycles. The highest BCUT2D eigenvalue weighted by atomic mass is 16.5. The Hall–Kier alpha value is -3.26. The molecule has 0 spiro atoms. The van der Waals surface area contributed by atoms with Gasteiger partial charge in [0.15, 0.2) is 11.5 Å². The average molecular weight is 410 g/mol. The second-order valence-corrected chi connectivity index (χ2v) is 7.75. The number of nitrogens with one attached hydrogen (secondary N) is 4. The molecule has 4 N–H and O–H groups in total. The lowest BCUT2D eigenvalue weighted by Crippen LogP contribution is -2.33. The van der Waals surface area contributed by atoms with Crippen LogP contribution in [-0.2, 0) is 4.79 Å². The highest BCUT2D eigenvalue weighted by molar-refractivity contribution is 5.94. The molecule has 30 heavy (non-hydrogen) atoms. The van der Waals surface area contributed by atoms with Crippen molar-refractivity contribution in [1.29, 1.82) is 0 Å². The van der Waals surface area contributed by atoms with E-state index in [-0.39, 0.29) is 30.1 Å². The Morgan fingerprint density at radius 1 is 1.03 bits per heavy atom. The van der Waals surface area contributed by atoms with Gasteiger partial charge < -0.3 is 30.1 Å². The van der Waals surface area contributed by atoms with Crippen molar-refractivity contribution in [1.82, 2.24) is 15.3 Å². The van der Waals surface area contributed by atoms with Gasteiger partial charge in [0, 0.05) is 18.2 Å². The summed E-state index contributed by atoms with van der Waals surface area (Å²) in [6, 6.07) is 11.2. The number of hydrogen-bond donors (Lipinski definition) is 4. The van der Waals surface area contributed by atoms with E-state index in [1.54, 1.807) is 18.2 Å². The zero-order chi connectivity index (χ0) is 21.1. The molecule has 1 amide bonds. The number of hydrogen-bond acceptors (Lipinski definition) is 5. The van der Waals surface area contributed by atoms with Gasteiger partial charge in [-0.15, -0.1) is 0 Å². The predicted octanol–water partition coefficient (Wildman–Crippen LogP) is 2.94. The molecule has 0 aliphatic carbocycles. The Morgan fingerprint density at radius 2 is 1.80 bits per heavy atom. The largest absolute Gasteiger partial charge is 0.490 e. The fraction of sp³-hybridized carbons (Fsp3) is 0.364. The maximum Gasteiger partial charge on any atom is 0.323 e. The van der Waals surface area contributed by atoms with Crippen LogP contribution in [0.15, 0.2) is 41.2 Å². The third kappa shape index (κ3) is 4.49. The lowest BCUT2D eigenvalue weighted by atomic mass is 9.95. The summed E-state index contributed by atoms with van der Waals surface area (Å²) < 4.78 is 11.5. The fourth-order valence-electron chi connectivity index (χ4n) is 3.63. The van der Waals surface area contributed by atoms with Crippen LogP contribution >= 0.6 is 0 Å². The molecule has 1 aromatic heterocycles. The number of anilines is 1. The molecule has 8 nitrogen and oxygen atoms in total. The Kier molecular flexibility index (Phi) is 5.76. The number of amides is 1. The minimum absolute atomic E-state index is 0.0172. The van der Waals surface area contributed by atoms with Gasteiger partial charge in [-0.2, -0.15) is 0 Å². The number of rotatable bonds is 6. The van der Waals surface area contributed by atoms with Crippen molar-refractivity contribution in [2.24, 2.45) is 5.92 Å². The summed E-state index contributed by atoms with van der Waals surface area (Å²) in [4.78, 5) is 29.2. The standard InChI is InChI=1S/C22H26N4O4/c1-13(2)21(14-4-7-18-19(10-14)30-9-3-8-29-18)23-12-20(27)24-15-5-6-16-17(11-15)26-22(28)25-16/h4-7,10-11,13,21,23H,3,8-9,12H2,1-2H3,(H,24,27)(H2,25,26,28). The number of imidazole rings is 1. The number of H-pyrrole nitrogens is 2. The molecule has 0 bridgehead atoms. The van der Waals surface area contributed by atoms with E-state index < -0.39 is 0 Å². The normalized spacial score (nSPS) is 14.5. The van der Waals surface area contributed by atoms with Crippen molar-refractivity contribution < 1.29 is 14.3 Å². The second kappa shape index (κ2) is 8.62. The molecule has 8 heteroatoms. The molecule has 1 aliphatic heterocycles. The summed E-state index contributed by atoms with van der Waals surface area (Å²) in [6.45, 7) is 5.65. The maximum absolute atomic E-state index is 12.5. The van der Waals surface area contributed by atoms with Crippen molar-refractivity contribution >= 4 is 22.6 Å². The third-order valence-electron chi connectivity index (χ3n) is 5.08. The van der Waals surface area contributed by atoms with Gasteiger partial charge in [-0.25, -0.2) is 4.79 Å². The predicted molar refractivity (Wildman–Crippen MR) is 115 cm³/mol. The third-order valence-corrected chi connectivity index (χ3v) is 5.08. The van der Waals surface area contributed by atoms with Gasteiger partial charge in [0.1, 0.15) is 0 Å². The van der Waals surface area contributed by atoms with Gasteiger partial charge in [-0.3, -0.25) is 4.79 Å². The lowest BCUT2D eigenvalue weighted by molar-refractivity contribution is -0.115. The van der Waals surface area contributed by atoms with E-state index in [1.165, 1.54) is 0 Å². The summed E-state index contributed by atoms with van der Waals surface area (Å²) in [5.74, 6) is 1.61. The van der Waals surface area contributed by atoms with Crippen molar-refractivity contribution in [3.05, 3.63) is 52.4 Å². The van der Waals surface area contributed by atoms with Gasteiger partial charge in [0.2, 0.25) is 5.91 Å². The van der Waals surface area contributed by atoms with Crippen molar-refractivity contribution in [2.75, 3.05) is 25.1 Å².